The third kappa shape index (κ3) is 4.45. The van der Waals surface area contributed by atoms with E-state index in [1.54, 1.807) is 18.2 Å². The van der Waals surface area contributed by atoms with Crippen LogP contribution in [-0.2, 0) is 26.4 Å². The Balaban J connectivity index is 1.99. The number of hydrogen-bond acceptors (Lipinski definition) is 3. The highest BCUT2D eigenvalue weighted by atomic mass is 35.5. The molecule has 1 unspecified atom stereocenters. The van der Waals surface area contributed by atoms with Crippen LogP contribution < -0.4 is 0 Å². The number of hydrogen-bond donors (Lipinski definition) is 0. The highest BCUT2D eigenvalue weighted by molar-refractivity contribution is 7.97. The first-order chi connectivity index (χ1) is 8.94. The van der Waals surface area contributed by atoms with E-state index in [4.69, 9.17) is 11.6 Å². The molecular formula is C13H11ClO3S2. The lowest BCUT2D eigenvalue weighted by atomic mass is 10.2. The summed E-state index contributed by atoms with van der Waals surface area (Å²) in [7, 11) is -4.41. The summed E-state index contributed by atoms with van der Waals surface area (Å²) < 4.78 is 34.1. The van der Waals surface area contributed by atoms with E-state index < -0.39 is 20.6 Å². The number of allylic oxidation sites excluding steroid dienone is 3. The van der Waals surface area contributed by atoms with E-state index in [1.165, 1.54) is 11.5 Å². The maximum Gasteiger partial charge on any atom is 0.193 e. The van der Waals surface area contributed by atoms with E-state index in [-0.39, 0.29) is 0 Å². The van der Waals surface area contributed by atoms with Crippen molar-refractivity contribution in [1.29, 1.82) is 0 Å². The molecule has 6 heteroatoms. The van der Waals surface area contributed by atoms with Crippen molar-refractivity contribution in [2.24, 2.45) is 0 Å². The maximum atomic E-state index is 11.8. The molecule has 1 aliphatic rings. The third-order valence-electron chi connectivity index (χ3n) is 2.38. The molecule has 0 radical (unpaired) electrons. The Hall–Kier alpha value is -1.17. The normalized spacial score (nSPS) is 18.7. The fourth-order valence-corrected chi connectivity index (χ4v) is 3.50. The van der Waals surface area contributed by atoms with E-state index >= 15 is 0 Å². The van der Waals surface area contributed by atoms with Crippen molar-refractivity contribution in [1.82, 2.24) is 0 Å². The van der Waals surface area contributed by atoms with Crippen LogP contribution in [0.2, 0.25) is 5.02 Å². The van der Waals surface area contributed by atoms with Crippen molar-refractivity contribution in [3.8, 4) is 0 Å². The van der Waals surface area contributed by atoms with Crippen molar-refractivity contribution >= 4 is 32.2 Å². The highest BCUT2D eigenvalue weighted by Gasteiger charge is 2.08. The molecule has 19 heavy (non-hydrogen) atoms. The minimum Gasteiger partial charge on any atom is -0.255 e. The van der Waals surface area contributed by atoms with Crippen molar-refractivity contribution in [3.63, 3.8) is 0 Å². The van der Waals surface area contributed by atoms with Gasteiger partial charge in [-0.1, -0.05) is 23.7 Å². The van der Waals surface area contributed by atoms with Gasteiger partial charge in [0.05, 0.1) is 16.6 Å². The molecule has 1 aliphatic heterocycles. The molecule has 0 saturated heterocycles. The van der Waals surface area contributed by atoms with Gasteiger partial charge in [-0.3, -0.25) is 4.21 Å². The Bertz CT molecular complexity index is 683. The molecule has 1 atom stereocenters. The molecule has 0 fully saturated rings. The van der Waals surface area contributed by atoms with Crippen molar-refractivity contribution in [2.75, 3.05) is 0 Å². The minimum absolute atomic E-state index is 0.372. The van der Waals surface area contributed by atoms with Crippen LogP contribution in [0.1, 0.15) is 5.56 Å². The molecule has 0 aromatic heterocycles. The van der Waals surface area contributed by atoms with Gasteiger partial charge >= 0.3 is 0 Å². The van der Waals surface area contributed by atoms with E-state index in [0.29, 0.717) is 16.3 Å². The lowest BCUT2D eigenvalue weighted by Crippen LogP contribution is -1.91. The Kier molecular flexibility index (Phi) is 4.39. The first-order valence-electron chi connectivity index (χ1n) is 5.39. The van der Waals surface area contributed by atoms with Crippen molar-refractivity contribution in [2.45, 2.75) is 5.75 Å². The van der Waals surface area contributed by atoms with Crippen molar-refractivity contribution in [3.05, 3.63) is 68.8 Å². The summed E-state index contributed by atoms with van der Waals surface area (Å²) in [6.45, 7) is 0. The topological polar surface area (TPSA) is 51.2 Å². The van der Waals surface area contributed by atoms with Gasteiger partial charge in [-0.05, 0) is 35.4 Å². The maximum absolute atomic E-state index is 11.8. The quantitative estimate of drug-likeness (QED) is 0.858. The Labute approximate surface area is 119 Å². The summed E-state index contributed by atoms with van der Waals surface area (Å²) in [6, 6.07) is 7.11. The van der Waals surface area contributed by atoms with Crippen LogP contribution in [0.3, 0.4) is 0 Å². The molecule has 3 nitrogen and oxygen atoms in total. The van der Waals surface area contributed by atoms with Gasteiger partial charge in [0.15, 0.2) is 9.84 Å². The summed E-state index contributed by atoms with van der Waals surface area (Å²) in [5, 5.41) is 4.39. The van der Waals surface area contributed by atoms with Crippen LogP contribution in [-0.4, -0.2) is 12.6 Å². The van der Waals surface area contributed by atoms with Crippen LogP contribution in [0.4, 0.5) is 0 Å². The Morgan fingerprint density at radius 2 is 1.89 bits per heavy atom. The van der Waals surface area contributed by atoms with Gasteiger partial charge in [-0.2, -0.15) is 0 Å². The zero-order valence-electron chi connectivity index (χ0n) is 9.82. The minimum atomic E-state index is -3.21. The lowest BCUT2D eigenvalue weighted by Gasteiger charge is -1.98. The second-order valence-corrected chi connectivity index (χ2v) is 7.41. The summed E-state index contributed by atoms with van der Waals surface area (Å²) in [6.07, 6.45) is 3.03. The fourth-order valence-electron chi connectivity index (χ4n) is 1.48. The van der Waals surface area contributed by atoms with E-state index in [9.17, 15) is 12.6 Å². The molecule has 1 aromatic carbocycles. The summed E-state index contributed by atoms with van der Waals surface area (Å²) in [5.41, 5.74) is 1.44. The molecule has 0 saturated carbocycles. The monoisotopic (exact) mass is 314 g/mol. The zero-order valence-corrected chi connectivity index (χ0v) is 12.2. The molecule has 0 bridgehead atoms. The van der Waals surface area contributed by atoms with Crippen LogP contribution in [0.5, 0.6) is 0 Å². The summed E-state index contributed by atoms with van der Waals surface area (Å²) >= 11 is 5.76. The second-order valence-electron chi connectivity index (χ2n) is 3.96. The van der Waals surface area contributed by atoms with E-state index in [2.05, 4.69) is 0 Å². The van der Waals surface area contributed by atoms with Crippen LogP contribution in [0.25, 0.3) is 0 Å². The Morgan fingerprint density at radius 1 is 1.21 bits per heavy atom. The van der Waals surface area contributed by atoms with Gasteiger partial charge in [-0.15, -0.1) is 0 Å². The fraction of sp³-hybridized carbons (Fsp3) is 0.0769. The van der Waals surface area contributed by atoms with Gasteiger partial charge < -0.3 is 0 Å². The Morgan fingerprint density at radius 3 is 2.47 bits per heavy atom. The molecular weight excluding hydrogens is 304 g/mol. The van der Waals surface area contributed by atoms with E-state index in [0.717, 1.165) is 16.4 Å². The van der Waals surface area contributed by atoms with Gasteiger partial charge in [0, 0.05) is 21.2 Å². The summed E-state index contributed by atoms with van der Waals surface area (Å²) in [4.78, 5) is 0. The number of benzene rings is 1. The van der Waals surface area contributed by atoms with E-state index in [1.807, 2.05) is 12.1 Å². The molecule has 1 aromatic rings. The van der Waals surface area contributed by atoms with Crippen molar-refractivity contribution < 1.29 is 12.6 Å². The third-order valence-corrected chi connectivity index (χ3v) is 4.81. The average molecular weight is 315 g/mol. The number of rotatable bonds is 4. The second kappa shape index (κ2) is 5.86. The van der Waals surface area contributed by atoms with Gasteiger partial charge in [0.25, 0.3) is 0 Å². The zero-order chi connectivity index (χ0) is 13.9. The molecule has 0 N–H and O–H groups in total. The number of sulfone groups is 1. The molecule has 0 aliphatic carbocycles. The van der Waals surface area contributed by atoms with Crippen LogP contribution >= 0.6 is 11.6 Å². The standard InChI is InChI=1S/C13H11ClO3S2/c14-13-3-1-11(2-4-13)9-18(15)7-5-12-6-8-19(16,17)10-12/h1-8,10H,9H2/b7-5+. The van der Waals surface area contributed by atoms with Crippen LogP contribution in [0, 0.1) is 0 Å². The van der Waals surface area contributed by atoms with Gasteiger partial charge in [0.1, 0.15) is 0 Å². The molecule has 100 valence electrons. The molecule has 2 rings (SSSR count). The summed E-state index contributed by atoms with van der Waals surface area (Å²) in [5.74, 6) is 0.372. The predicted molar refractivity (Wildman–Crippen MR) is 78.6 cm³/mol. The van der Waals surface area contributed by atoms with Gasteiger partial charge in [-0.25, -0.2) is 8.42 Å². The molecule has 1 heterocycles. The molecule has 0 amide bonds. The van der Waals surface area contributed by atoms with Crippen LogP contribution in [0.15, 0.2) is 58.2 Å². The molecule has 0 spiro atoms. The number of halogens is 1. The first-order valence-corrected chi connectivity index (χ1v) is 8.76. The highest BCUT2D eigenvalue weighted by Crippen LogP contribution is 2.15. The predicted octanol–water partition coefficient (Wildman–Crippen LogP) is 2.93. The smallest absolute Gasteiger partial charge is 0.193 e. The average Bonchev–Trinajstić information content (AvgIpc) is 2.69. The SMILES string of the molecule is O=S(/C=C/C1=CS(=O)(=O)C=C1)Cc1ccc(Cl)cc1. The van der Waals surface area contributed by atoms with Gasteiger partial charge in [0.2, 0.25) is 0 Å². The lowest BCUT2D eigenvalue weighted by molar-refractivity contribution is 0.613. The largest absolute Gasteiger partial charge is 0.255 e. The first kappa shape index (κ1) is 14.2.